The Morgan fingerprint density at radius 1 is 1.24 bits per heavy atom. The fourth-order valence-corrected chi connectivity index (χ4v) is 2.17. The number of hydrogen-bond donors (Lipinski definition) is 1. The molecule has 0 unspecified atom stereocenters. The first-order chi connectivity index (χ1) is 9.93. The predicted molar refractivity (Wildman–Crippen MR) is 80.0 cm³/mol. The van der Waals surface area contributed by atoms with Crippen molar-refractivity contribution in [3.8, 4) is 12.3 Å². The van der Waals surface area contributed by atoms with Gasteiger partial charge in [-0.25, -0.2) is 4.79 Å². The normalized spacial score (nSPS) is 15.8. The van der Waals surface area contributed by atoms with Gasteiger partial charge in [-0.15, -0.1) is 6.42 Å². The first kappa shape index (κ1) is 17.3. The van der Waals surface area contributed by atoms with Gasteiger partial charge in [0.2, 0.25) is 0 Å². The number of carboxylic acids is 1. The molecular formula is C14H24N4O3. The second-order valence-electron chi connectivity index (χ2n) is 5.37. The van der Waals surface area contributed by atoms with E-state index in [2.05, 4.69) is 15.7 Å². The molecule has 2 amide bonds. The number of amides is 2. The highest BCUT2D eigenvalue weighted by Gasteiger charge is 2.25. The van der Waals surface area contributed by atoms with Crippen molar-refractivity contribution in [3.05, 3.63) is 0 Å². The number of carboxylic acid groups (broad SMARTS) is 1. The van der Waals surface area contributed by atoms with E-state index in [4.69, 9.17) is 11.5 Å². The Balaban J connectivity index is 2.46. The molecule has 0 spiro atoms. The van der Waals surface area contributed by atoms with Crippen LogP contribution in [0.4, 0.5) is 4.79 Å². The van der Waals surface area contributed by atoms with Crippen molar-refractivity contribution in [2.75, 3.05) is 66.5 Å². The van der Waals surface area contributed by atoms with Crippen LogP contribution in [0.1, 0.15) is 0 Å². The number of nitrogens with zero attached hydrogens (tertiary/aromatic N) is 4. The fourth-order valence-electron chi connectivity index (χ4n) is 2.17. The maximum Gasteiger partial charge on any atom is 0.323 e. The molecule has 1 N–H and O–H groups in total. The standard InChI is InChI=1S/C14H24N4O3/c1-4-5-18(12-13(19)20)14(21)17-10-8-16(9-11-17)7-6-15(2)3/h1H,5-12H2,2-3H3,(H,19,20). The molecule has 1 saturated heterocycles. The van der Waals surface area contributed by atoms with Gasteiger partial charge in [-0.2, -0.15) is 0 Å². The Kier molecular flexibility index (Phi) is 6.99. The molecule has 1 fully saturated rings. The number of carbonyl (C=O) groups is 2. The molecule has 21 heavy (non-hydrogen) atoms. The number of likely N-dealkylation sites (N-methyl/N-ethyl adjacent to an activating group) is 1. The Morgan fingerprint density at radius 3 is 2.33 bits per heavy atom. The van der Waals surface area contributed by atoms with Crippen LogP contribution in [0.25, 0.3) is 0 Å². The Labute approximate surface area is 126 Å². The van der Waals surface area contributed by atoms with Crippen molar-refractivity contribution >= 4 is 12.0 Å². The minimum atomic E-state index is -1.05. The lowest BCUT2D eigenvalue weighted by Crippen LogP contribution is -2.54. The second-order valence-corrected chi connectivity index (χ2v) is 5.37. The highest BCUT2D eigenvalue weighted by Crippen LogP contribution is 2.06. The van der Waals surface area contributed by atoms with Crippen LogP contribution < -0.4 is 0 Å². The van der Waals surface area contributed by atoms with Gasteiger partial charge in [0, 0.05) is 39.3 Å². The van der Waals surface area contributed by atoms with E-state index in [-0.39, 0.29) is 19.1 Å². The molecule has 1 heterocycles. The number of terminal acetylenes is 1. The molecule has 1 rings (SSSR count). The summed E-state index contributed by atoms with van der Waals surface area (Å²) in [7, 11) is 4.06. The summed E-state index contributed by atoms with van der Waals surface area (Å²) in [4.78, 5) is 30.3. The van der Waals surface area contributed by atoms with Gasteiger partial charge in [0.1, 0.15) is 6.54 Å². The van der Waals surface area contributed by atoms with Crippen LogP contribution in [0.3, 0.4) is 0 Å². The third-order valence-electron chi connectivity index (χ3n) is 3.39. The molecule has 0 bridgehead atoms. The van der Waals surface area contributed by atoms with Crippen LogP contribution >= 0.6 is 0 Å². The fraction of sp³-hybridized carbons (Fsp3) is 0.714. The minimum Gasteiger partial charge on any atom is -0.480 e. The number of hydrogen-bond acceptors (Lipinski definition) is 4. The molecule has 0 radical (unpaired) electrons. The van der Waals surface area contributed by atoms with Crippen molar-refractivity contribution in [2.45, 2.75) is 0 Å². The van der Waals surface area contributed by atoms with Gasteiger partial charge in [-0.05, 0) is 14.1 Å². The smallest absolute Gasteiger partial charge is 0.323 e. The molecule has 118 valence electrons. The maximum absolute atomic E-state index is 12.3. The zero-order chi connectivity index (χ0) is 15.8. The van der Waals surface area contributed by atoms with Crippen molar-refractivity contribution in [3.63, 3.8) is 0 Å². The Morgan fingerprint density at radius 2 is 1.86 bits per heavy atom. The molecule has 0 aromatic carbocycles. The Bertz CT molecular complexity index is 398. The van der Waals surface area contributed by atoms with Crippen LogP contribution in [-0.4, -0.2) is 103 Å². The maximum atomic E-state index is 12.3. The van der Waals surface area contributed by atoms with E-state index in [9.17, 15) is 9.59 Å². The number of piperazine rings is 1. The highest BCUT2D eigenvalue weighted by atomic mass is 16.4. The molecular weight excluding hydrogens is 272 g/mol. The van der Waals surface area contributed by atoms with Gasteiger partial charge in [0.15, 0.2) is 0 Å². The van der Waals surface area contributed by atoms with E-state index < -0.39 is 5.97 Å². The van der Waals surface area contributed by atoms with Gasteiger partial charge < -0.3 is 19.8 Å². The molecule has 0 aliphatic carbocycles. The lowest BCUT2D eigenvalue weighted by atomic mass is 10.3. The molecule has 0 saturated carbocycles. The average Bonchev–Trinajstić information content (AvgIpc) is 2.44. The van der Waals surface area contributed by atoms with E-state index in [1.807, 2.05) is 14.1 Å². The minimum absolute atomic E-state index is 0.0198. The summed E-state index contributed by atoms with van der Waals surface area (Å²) in [6, 6.07) is -0.289. The topological polar surface area (TPSA) is 67.3 Å². The van der Waals surface area contributed by atoms with Crippen LogP contribution in [-0.2, 0) is 4.79 Å². The third kappa shape index (κ3) is 6.02. The van der Waals surface area contributed by atoms with E-state index in [1.54, 1.807) is 4.90 Å². The van der Waals surface area contributed by atoms with Crippen LogP contribution in [0, 0.1) is 12.3 Å². The van der Waals surface area contributed by atoms with E-state index in [0.717, 1.165) is 26.2 Å². The molecule has 0 aromatic rings. The predicted octanol–water partition coefficient (Wildman–Crippen LogP) is -0.695. The average molecular weight is 296 g/mol. The first-order valence-corrected chi connectivity index (χ1v) is 7.00. The van der Waals surface area contributed by atoms with Gasteiger partial charge in [-0.3, -0.25) is 9.69 Å². The molecule has 1 aliphatic heterocycles. The summed E-state index contributed by atoms with van der Waals surface area (Å²) in [5.74, 6) is 1.28. The van der Waals surface area contributed by atoms with Crippen molar-refractivity contribution < 1.29 is 14.7 Å². The first-order valence-electron chi connectivity index (χ1n) is 7.00. The number of carbonyl (C=O) groups excluding carboxylic acids is 1. The molecule has 0 atom stereocenters. The van der Waals surface area contributed by atoms with E-state index in [1.165, 1.54) is 4.90 Å². The Hall–Kier alpha value is -1.78. The lowest BCUT2D eigenvalue weighted by Gasteiger charge is -2.37. The number of urea groups is 1. The zero-order valence-corrected chi connectivity index (χ0v) is 12.8. The van der Waals surface area contributed by atoms with Gasteiger partial charge in [0.25, 0.3) is 0 Å². The summed E-state index contributed by atoms with van der Waals surface area (Å²) >= 11 is 0. The van der Waals surface area contributed by atoms with Crippen molar-refractivity contribution in [1.82, 2.24) is 19.6 Å². The summed E-state index contributed by atoms with van der Waals surface area (Å²) in [6.07, 6.45) is 5.19. The van der Waals surface area contributed by atoms with Gasteiger partial charge in [0.05, 0.1) is 6.54 Å². The van der Waals surface area contributed by atoms with Gasteiger partial charge in [-0.1, -0.05) is 5.92 Å². The third-order valence-corrected chi connectivity index (χ3v) is 3.39. The number of aliphatic carboxylic acids is 1. The molecule has 0 aromatic heterocycles. The van der Waals surface area contributed by atoms with Crippen molar-refractivity contribution in [1.29, 1.82) is 0 Å². The van der Waals surface area contributed by atoms with Crippen LogP contribution in [0.15, 0.2) is 0 Å². The molecule has 7 nitrogen and oxygen atoms in total. The second kappa shape index (κ2) is 8.49. The summed E-state index contributed by atoms with van der Waals surface area (Å²) in [6.45, 7) is 4.43. The SMILES string of the molecule is C#CCN(CC(=O)O)C(=O)N1CCN(CCN(C)C)CC1. The summed E-state index contributed by atoms with van der Waals surface area (Å²) < 4.78 is 0. The van der Waals surface area contributed by atoms with Crippen LogP contribution in [0.2, 0.25) is 0 Å². The largest absolute Gasteiger partial charge is 0.480 e. The number of rotatable bonds is 6. The monoisotopic (exact) mass is 296 g/mol. The van der Waals surface area contributed by atoms with E-state index >= 15 is 0 Å². The molecule has 1 aliphatic rings. The molecule has 7 heteroatoms. The summed E-state index contributed by atoms with van der Waals surface area (Å²) in [5.41, 5.74) is 0. The lowest BCUT2D eigenvalue weighted by molar-refractivity contribution is -0.137. The van der Waals surface area contributed by atoms with Gasteiger partial charge >= 0.3 is 12.0 Å². The van der Waals surface area contributed by atoms with E-state index in [0.29, 0.717) is 13.1 Å². The summed E-state index contributed by atoms with van der Waals surface area (Å²) in [5, 5.41) is 8.83. The van der Waals surface area contributed by atoms with Crippen LogP contribution in [0.5, 0.6) is 0 Å². The highest BCUT2D eigenvalue weighted by molar-refractivity contribution is 5.80. The zero-order valence-electron chi connectivity index (χ0n) is 12.8. The quantitative estimate of drug-likeness (QED) is 0.657. The van der Waals surface area contributed by atoms with Crippen molar-refractivity contribution in [2.24, 2.45) is 0 Å².